The van der Waals surface area contributed by atoms with Crippen LogP contribution in [0.4, 0.5) is 0 Å². The predicted molar refractivity (Wildman–Crippen MR) is 72.4 cm³/mol. The first-order valence-corrected chi connectivity index (χ1v) is 6.64. The minimum absolute atomic E-state index is 0.462. The summed E-state index contributed by atoms with van der Waals surface area (Å²) in [5, 5.41) is 6.73. The fraction of sp³-hybridized carbons (Fsp3) is 0.923. The zero-order chi connectivity index (χ0) is 12.6. The number of nitrogens with zero attached hydrogens (tertiary/aromatic N) is 1. The Balaban J connectivity index is 2.18. The second-order valence-electron chi connectivity index (χ2n) is 5.22. The molecule has 0 saturated heterocycles. The van der Waals surface area contributed by atoms with Gasteiger partial charge in [0.15, 0.2) is 5.96 Å². The highest BCUT2D eigenvalue weighted by atomic mass is 16.5. The lowest BCUT2D eigenvalue weighted by Gasteiger charge is -2.25. The fourth-order valence-electron chi connectivity index (χ4n) is 2.35. The van der Waals surface area contributed by atoms with Crippen LogP contribution in [-0.4, -0.2) is 39.8 Å². The van der Waals surface area contributed by atoms with Crippen LogP contribution in [0.5, 0.6) is 0 Å². The lowest BCUT2D eigenvalue weighted by Crippen LogP contribution is -2.42. The van der Waals surface area contributed by atoms with Crippen LogP contribution in [0.15, 0.2) is 4.99 Å². The Hall–Kier alpha value is -0.770. The van der Waals surface area contributed by atoms with Crippen molar-refractivity contribution in [2.45, 2.75) is 39.0 Å². The summed E-state index contributed by atoms with van der Waals surface area (Å²) >= 11 is 0. The van der Waals surface area contributed by atoms with Gasteiger partial charge in [0.05, 0.1) is 0 Å². The van der Waals surface area contributed by atoms with Gasteiger partial charge in [-0.3, -0.25) is 4.99 Å². The Labute approximate surface area is 105 Å². The number of aliphatic imine (C=N–C) groups is 1. The van der Waals surface area contributed by atoms with E-state index in [0.717, 1.165) is 32.1 Å². The molecule has 0 aromatic carbocycles. The molecule has 1 aliphatic rings. The van der Waals surface area contributed by atoms with Crippen LogP contribution < -0.4 is 10.6 Å². The van der Waals surface area contributed by atoms with Gasteiger partial charge in [-0.1, -0.05) is 19.8 Å². The molecule has 100 valence electrons. The summed E-state index contributed by atoms with van der Waals surface area (Å²) < 4.78 is 5.01. The summed E-state index contributed by atoms with van der Waals surface area (Å²) in [5.41, 5.74) is 0.462. The molecular weight excluding hydrogens is 214 g/mol. The van der Waals surface area contributed by atoms with Gasteiger partial charge in [-0.15, -0.1) is 0 Å². The molecule has 1 saturated carbocycles. The third-order valence-electron chi connectivity index (χ3n) is 3.53. The fourth-order valence-corrected chi connectivity index (χ4v) is 2.35. The van der Waals surface area contributed by atoms with Crippen molar-refractivity contribution >= 4 is 5.96 Å². The molecule has 0 atom stereocenters. The molecule has 0 aromatic rings. The normalized spacial score (nSPS) is 19.4. The Morgan fingerprint density at radius 1 is 1.29 bits per heavy atom. The summed E-state index contributed by atoms with van der Waals surface area (Å²) in [7, 11) is 3.55. The predicted octanol–water partition coefficient (Wildman–Crippen LogP) is 1.77. The topological polar surface area (TPSA) is 45.7 Å². The Morgan fingerprint density at radius 2 is 2.00 bits per heavy atom. The monoisotopic (exact) mass is 241 g/mol. The van der Waals surface area contributed by atoms with Gasteiger partial charge in [0.1, 0.15) is 0 Å². The Bertz CT molecular complexity index is 235. The van der Waals surface area contributed by atoms with E-state index in [1.54, 1.807) is 7.11 Å². The second kappa shape index (κ2) is 7.54. The first-order chi connectivity index (χ1) is 8.20. The van der Waals surface area contributed by atoms with E-state index in [9.17, 15) is 0 Å². The van der Waals surface area contributed by atoms with E-state index in [1.807, 2.05) is 7.05 Å². The maximum Gasteiger partial charge on any atom is 0.190 e. The molecule has 2 N–H and O–H groups in total. The van der Waals surface area contributed by atoms with Gasteiger partial charge in [0.25, 0.3) is 0 Å². The highest BCUT2D eigenvalue weighted by Gasteiger charge is 2.28. The van der Waals surface area contributed by atoms with Crippen LogP contribution in [0, 0.1) is 5.41 Å². The van der Waals surface area contributed by atoms with Crippen LogP contribution in [0.2, 0.25) is 0 Å². The van der Waals surface area contributed by atoms with Gasteiger partial charge in [0, 0.05) is 33.9 Å². The zero-order valence-corrected chi connectivity index (χ0v) is 11.5. The molecule has 1 fully saturated rings. The number of methoxy groups -OCH3 is 1. The molecule has 17 heavy (non-hydrogen) atoms. The molecule has 0 unspecified atom stereocenters. The molecule has 0 amide bonds. The standard InChI is InChI=1S/C13H27N3O/c1-13(7-4-5-8-13)11-16-12(14-2)15-9-6-10-17-3/h4-11H2,1-3H3,(H2,14,15,16). The third kappa shape index (κ3) is 5.39. The maximum absolute atomic E-state index is 5.01. The van der Waals surface area contributed by atoms with Crippen molar-refractivity contribution < 1.29 is 4.74 Å². The smallest absolute Gasteiger partial charge is 0.190 e. The summed E-state index contributed by atoms with van der Waals surface area (Å²) in [6.45, 7) is 5.09. The summed E-state index contributed by atoms with van der Waals surface area (Å²) in [4.78, 5) is 4.23. The number of nitrogens with one attached hydrogen (secondary N) is 2. The van der Waals surface area contributed by atoms with Crippen molar-refractivity contribution in [2.75, 3.05) is 33.9 Å². The lowest BCUT2D eigenvalue weighted by molar-refractivity contribution is 0.195. The van der Waals surface area contributed by atoms with Crippen molar-refractivity contribution in [2.24, 2.45) is 10.4 Å². The molecule has 0 bridgehead atoms. The van der Waals surface area contributed by atoms with E-state index < -0.39 is 0 Å². The van der Waals surface area contributed by atoms with E-state index in [2.05, 4.69) is 22.5 Å². The molecule has 0 heterocycles. The van der Waals surface area contributed by atoms with Crippen LogP contribution in [0.1, 0.15) is 39.0 Å². The van der Waals surface area contributed by atoms with Crippen molar-refractivity contribution in [3.05, 3.63) is 0 Å². The quantitative estimate of drug-likeness (QED) is 0.423. The van der Waals surface area contributed by atoms with Gasteiger partial charge in [-0.2, -0.15) is 0 Å². The first-order valence-electron chi connectivity index (χ1n) is 6.64. The van der Waals surface area contributed by atoms with Gasteiger partial charge in [-0.05, 0) is 24.7 Å². The van der Waals surface area contributed by atoms with Gasteiger partial charge in [-0.25, -0.2) is 0 Å². The first kappa shape index (κ1) is 14.3. The molecule has 4 nitrogen and oxygen atoms in total. The minimum atomic E-state index is 0.462. The molecule has 0 aliphatic heterocycles. The molecule has 1 aliphatic carbocycles. The van der Waals surface area contributed by atoms with Gasteiger partial charge in [0.2, 0.25) is 0 Å². The van der Waals surface area contributed by atoms with Crippen LogP contribution in [0.25, 0.3) is 0 Å². The molecule has 1 rings (SSSR count). The molecular formula is C13H27N3O. The van der Waals surface area contributed by atoms with Crippen molar-refractivity contribution in [1.29, 1.82) is 0 Å². The number of ether oxygens (including phenoxy) is 1. The highest BCUT2D eigenvalue weighted by Crippen LogP contribution is 2.36. The summed E-state index contributed by atoms with van der Waals surface area (Å²) in [6.07, 6.45) is 6.42. The summed E-state index contributed by atoms with van der Waals surface area (Å²) in [5.74, 6) is 0.911. The van der Waals surface area contributed by atoms with Crippen molar-refractivity contribution in [3.63, 3.8) is 0 Å². The molecule has 0 aromatic heterocycles. The van der Waals surface area contributed by atoms with Crippen molar-refractivity contribution in [3.8, 4) is 0 Å². The SMILES string of the molecule is CN=C(NCCCOC)NCC1(C)CCCC1. The second-order valence-corrected chi connectivity index (χ2v) is 5.22. The third-order valence-corrected chi connectivity index (χ3v) is 3.53. The highest BCUT2D eigenvalue weighted by molar-refractivity contribution is 5.79. The van der Waals surface area contributed by atoms with E-state index in [1.165, 1.54) is 25.7 Å². The zero-order valence-electron chi connectivity index (χ0n) is 11.5. The maximum atomic E-state index is 5.01. The summed E-state index contributed by atoms with van der Waals surface area (Å²) in [6, 6.07) is 0. The van der Waals surface area contributed by atoms with Gasteiger partial charge < -0.3 is 15.4 Å². The molecule has 0 radical (unpaired) electrons. The lowest BCUT2D eigenvalue weighted by atomic mass is 9.89. The van der Waals surface area contributed by atoms with Crippen molar-refractivity contribution in [1.82, 2.24) is 10.6 Å². The number of guanidine groups is 1. The van der Waals surface area contributed by atoms with E-state index in [-0.39, 0.29) is 0 Å². The van der Waals surface area contributed by atoms with Gasteiger partial charge >= 0.3 is 0 Å². The Morgan fingerprint density at radius 3 is 2.59 bits per heavy atom. The Kier molecular flexibility index (Phi) is 6.34. The average molecular weight is 241 g/mol. The number of hydrogen-bond acceptors (Lipinski definition) is 2. The molecule has 0 spiro atoms. The van der Waals surface area contributed by atoms with E-state index in [0.29, 0.717) is 5.41 Å². The van der Waals surface area contributed by atoms with E-state index in [4.69, 9.17) is 4.74 Å². The molecule has 4 heteroatoms. The number of rotatable bonds is 6. The largest absolute Gasteiger partial charge is 0.385 e. The number of hydrogen-bond donors (Lipinski definition) is 2. The minimum Gasteiger partial charge on any atom is -0.385 e. The van der Waals surface area contributed by atoms with Crippen LogP contribution in [-0.2, 0) is 4.74 Å². The van der Waals surface area contributed by atoms with Crippen LogP contribution in [0.3, 0.4) is 0 Å². The average Bonchev–Trinajstić information content (AvgIpc) is 2.76. The van der Waals surface area contributed by atoms with E-state index >= 15 is 0 Å². The van der Waals surface area contributed by atoms with Crippen LogP contribution >= 0.6 is 0 Å².